The van der Waals surface area contributed by atoms with Crippen LogP contribution in [0.2, 0.25) is 10.0 Å². The average Bonchev–Trinajstić information content (AvgIpc) is 2.59. The van der Waals surface area contributed by atoms with Crippen molar-refractivity contribution in [3.63, 3.8) is 0 Å². The Labute approximate surface area is 168 Å². The number of nitrogens with one attached hydrogen (secondary N) is 2. The van der Waals surface area contributed by atoms with Crippen molar-refractivity contribution in [1.29, 1.82) is 0 Å². The van der Waals surface area contributed by atoms with Gasteiger partial charge in [-0.1, -0.05) is 29.3 Å². The van der Waals surface area contributed by atoms with E-state index in [0.717, 1.165) is 5.70 Å². The number of hydrogen-bond donors (Lipinski definition) is 2. The molecule has 0 unspecified atom stereocenters. The highest BCUT2D eigenvalue weighted by Gasteiger charge is 2.45. The predicted molar refractivity (Wildman–Crippen MR) is 106 cm³/mol. The lowest BCUT2D eigenvalue weighted by atomic mass is 9.74. The van der Waals surface area contributed by atoms with E-state index >= 15 is 0 Å². The fourth-order valence-electron chi connectivity index (χ4n) is 2.49. The first-order valence-corrected chi connectivity index (χ1v) is 9.11. The molecule has 133 valence electrons. The summed E-state index contributed by atoms with van der Waals surface area (Å²) >= 11 is 15.3. The maximum absolute atomic E-state index is 12.4. The van der Waals surface area contributed by atoms with E-state index < -0.39 is 11.3 Å². The number of halogens is 3. The van der Waals surface area contributed by atoms with E-state index in [1.165, 1.54) is 12.4 Å². The van der Waals surface area contributed by atoms with Crippen LogP contribution < -0.4 is 10.6 Å². The Balaban J connectivity index is 1.81. The highest BCUT2D eigenvalue weighted by Crippen LogP contribution is 2.45. The van der Waals surface area contributed by atoms with Crippen molar-refractivity contribution in [2.75, 3.05) is 10.6 Å². The molecule has 0 fully saturated rings. The van der Waals surface area contributed by atoms with Gasteiger partial charge in [-0.05, 0) is 41.9 Å². The van der Waals surface area contributed by atoms with Gasteiger partial charge in [-0.25, -0.2) is 0 Å². The van der Waals surface area contributed by atoms with Gasteiger partial charge in [-0.15, -0.1) is 0 Å². The molecule has 1 aliphatic carbocycles. The predicted octanol–water partition coefficient (Wildman–Crippen LogP) is 5.07. The number of benzene rings is 1. The molecule has 2 N–H and O–H groups in total. The molecule has 8 heteroatoms. The molecule has 1 heterocycles. The first kappa shape index (κ1) is 18.9. The number of pyridine rings is 1. The Bertz CT molecular complexity index is 937. The lowest BCUT2D eigenvalue weighted by molar-refractivity contribution is -0.123. The van der Waals surface area contributed by atoms with Crippen LogP contribution in [-0.2, 0) is 4.79 Å². The van der Waals surface area contributed by atoms with Crippen molar-refractivity contribution in [2.45, 2.75) is 13.8 Å². The van der Waals surface area contributed by atoms with Gasteiger partial charge in [0.15, 0.2) is 5.78 Å². The molecule has 1 amide bonds. The fraction of sp³-hybridized carbons (Fsp3) is 0.167. The summed E-state index contributed by atoms with van der Waals surface area (Å²) in [7, 11) is 0. The van der Waals surface area contributed by atoms with E-state index in [2.05, 4.69) is 37.6 Å². The molecule has 0 atom stereocenters. The highest BCUT2D eigenvalue weighted by atomic mass is 79.9. The Morgan fingerprint density at radius 3 is 2.42 bits per heavy atom. The number of Topliss-reactive ketones (excluding diaryl/α,β-unsaturated/α-hetero) is 1. The molecule has 0 bridgehead atoms. The molecule has 0 saturated heterocycles. The molecule has 1 aromatic carbocycles. The maximum Gasteiger partial charge on any atom is 0.258 e. The summed E-state index contributed by atoms with van der Waals surface area (Å²) in [5, 5.41) is 6.19. The number of carbonyl (C=O) groups is 2. The number of nitrogens with zero attached hydrogens (tertiary/aromatic N) is 1. The molecule has 26 heavy (non-hydrogen) atoms. The minimum absolute atomic E-state index is 0.0337. The SMILES string of the molecule is CC1(C)C(=O)C(Br)=C1Nc1[c]c(NC(=O)c2c(Cl)cncc2Cl)ccc1. The Morgan fingerprint density at radius 1 is 1.19 bits per heavy atom. The summed E-state index contributed by atoms with van der Waals surface area (Å²) in [6.07, 6.45) is 2.70. The smallest absolute Gasteiger partial charge is 0.258 e. The van der Waals surface area contributed by atoms with E-state index in [0.29, 0.717) is 15.9 Å². The molecule has 0 saturated carbocycles. The number of carbonyl (C=O) groups excluding carboxylic acids is 2. The number of rotatable bonds is 4. The van der Waals surface area contributed by atoms with Crippen molar-refractivity contribution in [2.24, 2.45) is 5.41 Å². The van der Waals surface area contributed by atoms with Gasteiger partial charge in [0.1, 0.15) is 0 Å². The zero-order valence-corrected chi connectivity index (χ0v) is 16.9. The van der Waals surface area contributed by atoms with Crippen molar-refractivity contribution in [3.05, 3.63) is 62.4 Å². The molecular formula is C18H13BrCl2N3O2. The summed E-state index contributed by atoms with van der Waals surface area (Å²) in [6, 6.07) is 8.27. The van der Waals surface area contributed by atoms with Gasteiger partial charge >= 0.3 is 0 Å². The largest absolute Gasteiger partial charge is 0.356 e. The average molecular weight is 454 g/mol. The van der Waals surface area contributed by atoms with Crippen molar-refractivity contribution >= 4 is 62.2 Å². The second-order valence-electron chi connectivity index (χ2n) is 6.18. The quantitative estimate of drug-likeness (QED) is 0.677. The fourth-order valence-corrected chi connectivity index (χ4v) is 4.11. The highest BCUT2D eigenvalue weighted by molar-refractivity contribution is 9.12. The summed E-state index contributed by atoms with van der Waals surface area (Å²) in [5.74, 6) is -0.429. The number of hydrogen-bond acceptors (Lipinski definition) is 4. The molecular weight excluding hydrogens is 441 g/mol. The first-order valence-electron chi connectivity index (χ1n) is 7.56. The molecule has 5 nitrogen and oxygen atoms in total. The van der Waals surface area contributed by atoms with Crippen LogP contribution in [-0.4, -0.2) is 16.7 Å². The molecule has 3 rings (SSSR count). The van der Waals surface area contributed by atoms with Crippen LogP contribution >= 0.6 is 39.1 Å². The number of ketones is 1. The summed E-state index contributed by atoms with van der Waals surface area (Å²) in [6.45, 7) is 3.67. The van der Waals surface area contributed by atoms with Gasteiger partial charge in [-0.2, -0.15) is 0 Å². The van der Waals surface area contributed by atoms with Gasteiger partial charge < -0.3 is 10.6 Å². The second kappa shape index (κ2) is 7.02. The van der Waals surface area contributed by atoms with E-state index in [4.69, 9.17) is 23.2 Å². The van der Waals surface area contributed by atoms with Crippen LogP contribution in [0, 0.1) is 11.5 Å². The minimum Gasteiger partial charge on any atom is -0.356 e. The van der Waals surface area contributed by atoms with Crippen molar-refractivity contribution in [1.82, 2.24) is 4.98 Å². The number of aromatic nitrogens is 1. The molecule has 1 aliphatic rings. The number of allylic oxidation sites excluding steroid dienone is 2. The van der Waals surface area contributed by atoms with Crippen molar-refractivity contribution in [3.8, 4) is 0 Å². The van der Waals surface area contributed by atoms with Crippen LogP contribution in [0.3, 0.4) is 0 Å². The third-order valence-electron chi connectivity index (χ3n) is 3.99. The molecule has 1 radical (unpaired) electrons. The van der Waals surface area contributed by atoms with Crippen LogP contribution in [0.1, 0.15) is 24.2 Å². The summed E-state index contributed by atoms with van der Waals surface area (Å²) in [5.41, 5.74) is 1.37. The Morgan fingerprint density at radius 2 is 1.81 bits per heavy atom. The zero-order chi connectivity index (χ0) is 19.1. The molecule has 0 spiro atoms. The number of amides is 1. The lowest BCUT2D eigenvalue weighted by Crippen LogP contribution is -2.40. The van der Waals surface area contributed by atoms with Gasteiger partial charge in [0.05, 0.1) is 31.2 Å². The molecule has 0 aliphatic heterocycles. The normalized spacial score (nSPS) is 15.5. The van der Waals surface area contributed by atoms with E-state index in [9.17, 15) is 9.59 Å². The molecule has 2 aromatic rings. The van der Waals surface area contributed by atoms with E-state index in [1.54, 1.807) is 18.2 Å². The minimum atomic E-state index is -0.593. The third-order valence-corrected chi connectivity index (χ3v) is 5.32. The van der Waals surface area contributed by atoms with Crippen molar-refractivity contribution < 1.29 is 9.59 Å². The topological polar surface area (TPSA) is 71.1 Å². The van der Waals surface area contributed by atoms with Gasteiger partial charge in [0.2, 0.25) is 0 Å². The van der Waals surface area contributed by atoms with Gasteiger partial charge in [0, 0.05) is 29.8 Å². The third kappa shape index (κ3) is 3.37. The van der Waals surface area contributed by atoms with Crippen LogP contribution in [0.15, 0.2) is 40.8 Å². The van der Waals surface area contributed by atoms with Crippen LogP contribution in [0.4, 0.5) is 11.4 Å². The first-order chi connectivity index (χ1) is 12.2. The second-order valence-corrected chi connectivity index (χ2v) is 7.79. The number of anilines is 2. The maximum atomic E-state index is 12.4. The monoisotopic (exact) mass is 452 g/mol. The standard InChI is InChI=1S/C18H13BrCl2N3O2/c1-18(2)15(14(19)16(18)25)23-9-4-3-5-10(6-9)24-17(26)13-11(20)7-22-8-12(13)21/h3-5,7-8,23H,1-2H3,(H,24,26). The molecule has 1 aromatic heterocycles. The zero-order valence-electron chi connectivity index (χ0n) is 13.8. The summed E-state index contributed by atoms with van der Waals surface area (Å²) in [4.78, 5) is 28.1. The van der Waals surface area contributed by atoms with E-state index in [1.807, 2.05) is 13.8 Å². The van der Waals surface area contributed by atoms with E-state index in [-0.39, 0.29) is 21.4 Å². The Hall–Kier alpha value is -1.89. The summed E-state index contributed by atoms with van der Waals surface area (Å²) < 4.78 is 0.515. The Kier molecular flexibility index (Phi) is 5.10. The van der Waals surface area contributed by atoms with Crippen LogP contribution in [0.25, 0.3) is 0 Å². The lowest BCUT2D eigenvalue weighted by Gasteiger charge is -2.36. The van der Waals surface area contributed by atoms with Gasteiger partial charge in [-0.3, -0.25) is 14.6 Å². The van der Waals surface area contributed by atoms with Crippen LogP contribution in [0.5, 0.6) is 0 Å². The van der Waals surface area contributed by atoms with Gasteiger partial charge in [0.25, 0.3) is 5.91 Å².